The van der Waals surface area contributed by atoms with Crippen molar-refractivity contribution in [3.05, 3.63) is 53.7 Å². The minimum absolute atomic E-state index is 0. The van der Waals surface area contributed by atoms with Crippen LogP contribution in [0.15, 0.2) is 46.3 Å². The fraction of sp³-hybridized carbons (Fsp3) is 0.545. The fourth-order valence-corrected chi connectivity index (χ4v) is 3.71. The summed E-state index contributed by atoms with van der Waals surface area (Å²) in [6.45, 7) is 8.81. The number of aromatic nitrogens is 1. The highest BCUT2D eigenvalue weighted by Crippen LogP contribution is 2.25. The molecule has 1 unspecified atom stereocenters. The van der Waals surface area contributed by atoms with Gasteiger partial charge in [0, 0.05) is 25.5 Å². The van der Waals surface area contributed by atoms with Gasteiger partial charge in [0.25, 0.3) is 0 Å². The zero-order chi connectivity index (χ0) is 19.6. The first-order chi connectivity index (χ1) is 13.8. The predicted octanol–water partition coefficient (Wildman–Crippen LogP) is 3.93. The molecule has 0 spiro atoms. The molecule has 2 N–H and O–H groups in total. The third kappa shape index (κ3) is 7.29. The van der Waals surface area contributed by atoms with Crippen LogP contribution >= 0.6 is 24.0 Å². The first-order valence-electron chi connectivity index (χ1n) is 10.5. The van der Waals surface area contributed by atoms with Crippen molar-refractivity contribution in [2.45, 2.75) is 45.6 Å². The number of piperidine rings is 1. The summed E-state index contributed by atoms with van der Waals surface area (Å²) in [7, 11) is 0. The Morgan fingerprint density at radius 2 is 2.07 bits per heavy atom. The van der Waals surface area contributed by atoms with Crippen LogP contribution in [0.4, 0.5) is 0 Å². The summed E-state index contributed by atoms with van der Waals surface area (Å²) in [4.78, 5) is 11.6. The predicted molar refractivity (Wildman–Crippen MR) is 129 cm³/mol. The van der Waals surface area contributed by atoms with Gasteiger partial charge in [-0.1, -0.05) is 6.42 Å². The summed E-state index contributed by atoms with van der Waals surface area (Å²) >= 11 is 0. The standard InChI is InChI=1S/C22H33N5O.HI/c1-3-24-22(25-12-10-19-9-11-23-16-18(19)2)26-17-20(21-8-7-15-28-21)27-13-5-4-6-14-27;/h7-9,11,15-16,20H,3-6,10,12-14,17H2,1-2H3,(H2,24,25,26);1H. The Hall–Kier alpha value is -1.61. The van der Waals surface area contributed by atoms with Gasteiger partial charge in [0.1, 0.15) is 5.76 Å². The lowest BCUT2D eigenvalue weighted by atomic mass is 10.1. The van der Waals surface area contributed by atoms with Crippen molar-refractivity contribution >= 4 is 29.9 Å². The molecular weight excluding hydrogens is 477 g/mol. The minimum atomic E-state index is 0. The molecule has 1 saturated heterocycles. The largest absolute Gasteiger partial charge is 0.468 e. The monoisotopic (exact) mass is 511 g/mol. The van der Waals surface area contributed by atoms with Crippen molar-refractivity contribution in [3.63, 3.8) is 0 Å². The van der Waals surface area contributed by atoms with Gasteiger partial charge < -0.3 is 15.1 Å². The zero-order valence-corrected chi connectivity index (χ0v) is 19.9. The Morgan fingerprint density at radius 3 is 2.76 bits per heavy atom. The Balaban J connectivity index is 0.00000300. The van der Waals surface area contributed by atoms with Gasteiger partial charge in [-0.2, -0.15) is 0 Å². The second kappa shape index (κ2) is 12.8. The second-order valence-electron chi connectivity index (χ2n) is 7.33. The zero-order valence-electron chi connectivity index (χ0n) is 17.6. The third-order valence-corrected chi connectivity index (χ3v) is 5.29. The smallest absolute Gasteiger partial charge is 0.191 e. The highest BCUT2D eigenvalue weighted by molar-refractivity contribution is 14.0. The van der Waals surface area contributed by atoms with Crippen molar-refractivity contribution in [2.75, 3.05) is 32.7 Å². The molecule has 2 aromatic rings. The highest BCUT2D eigenvalue weighted by atomic mass is 127. The topological polar surface area (TPSA) is 65.7 Å². The van der Waals surface area contributed by atoms with Crippen molar-refractivity contribution in [1.82, 2.24) is 20.5 Å². The Labute approximate surface area is 191 Å². The molecule has 1 fully saturated rings. The molecule has 1 atom stereocenters. The molecule has 1 aliphatic rings. The number of guanidine groups is 1. The normalized spacial score (nSPS) is 16.1. The highest BCUT2D eigenvalue weighted by Gasteiger charge is 2.24. The van der Waals surface area contributed by atoms with Crippen LogP contribution in [0.1, 0.15) is 49.1 Å². The maximum absolute atomic E-state index is 5.74. The van der Waals surface area contributed by atoms with Gasteiger partial charge >= 0.3 is 0 Å². The summed E-state index contributed by atoms with van der Waals surface area (Å²) in [6.07, 6.45) is 10.3. The number of pyridine rings is 1. The van der Waals surface area contributed by atoms with E-state index in [2.05, 4.69) is 46.5 Å². The quantitative estimate of drug-likeness (QED) is 0.320. The number of nitrogens with one attached hydrogen (secondary N) is 2. The second-order valence-corrected chi connectivity index (χ2v) is 7.33. The lowest BCUT2D eigenvalue weighted by molar-refractivity contribution is 0.150. The molecule has 3 heterocycles. The molecule has 6 nitrogen and oxygen atoms in total. The number of nitrogens with zero attached hydrogens (tertiary/aromatic N) is 3. The van der Waals surface area contributed by atoms with Crippen LogP contribution in [0, 0.1) is 6.92 Å². The van der Waals surface area contributed by atoms with Gasteiger partial charge in [0.2, 0.25) is 0 Å². The van der Waals surface area contributed by atoms with Crippen molar-refractivity contribution < 1.29 is 4.42 Å². The van der Waals surface area contributed by atoms with Gasteiger partial charge in [-0.3, -0.25) is 14.9 Å². The Kier molecular flexibility index (Phi) is 10.5. The first kappa shape index (κ1) is 23.7. The molecule has 1 aliphatic heterocycles. The molecule has 0 bridgehead atoms. The third-order valence-electron chi connectivity index (χ3n) is 5.29. The van der Waals surface area contributed by atoms with Crippen LogP contribution in [-0.2, 0) is 6.42 Å². The molecular formula is C22H34IN5O. The van der Waals surface area contributed by atoms with Gasteiger partial charge in [0.15, 0.2) is 5.96 Å². The van der Waals surface area contributed by atoms with Gasteiger partial charge in [-0.25, -0.2) is 0 Å². The van der Waals surface area contributed by atoms with Crippen LogP contribution in [-0.4, -0.2) is 48.6 Å². The van der Waals surface area contributed by atoms with E-state index in [-0.39, 0.29) is 30.0 Å². The molecule has 0 amide bonds. The molecule has 160 valence electrons. The Morgan fingerprint density at radius 1 is 1.24 bits per heavy atom. The lowest BCUT2D eigenvalue weighted by Crippen LogP contribution is -2.40. The van der Waals surface area contributed by atoms with Crippen molar-refractivity contribution in [2.24, 2.45) is 4.99 Å². The van der Waals surface area contributed by atoms with Gasteiger partial charge in [0.05, 0.1) is 18.8 Å². The van der Waals surface area contributed by atoms with E-state index >= 15 is 0 Å². The van der Waals surface area contributed by atoms with Crippen LogP contribution in [0.2, 0.25) is 0 Å². The van der Waals surface area contributed by atoms with E-state index in [0.29, 0.717) is 6.54 Å². The molecule has 2 aromatic heterocycles. The summed E-state index contributed by atoms with van der Waals surface area (Å²) in [5, 5.41) is 6.83. The van der Waals surface area contributed by atoms with E-state index < -0.39 is 0 Å². The summed E-state index contributed by atoms with van der Waals surface area (Å²) in [5.74, 6) is 1.87. The SMILES string of the molecule is CCNC(=NCC(c1ccco1)N1CCCCC1)NCCc1ccncc1C.I. The number of hydrogen-bond donors (Lipinski definition) is 2. The number of aryl methyl sites for hydroxylation is 1. The van der Waals surface area contributed by atoms with Crippen molar-refractivity contribution in [3.8, 4) is 0 Å². The minimum Gasteiger partial charge on any atom is -0.468 e. The number of hydrogen-bond acceptors (Lipinski definition) is 4. The van der Waals surface area contributed by atoms with E-state index in [0.717, 1.165) is 44.3 Å². The fourth-order valence-electron chi connectivity index (χ4n) is 3.71. The molecule has 29 heavy (non-hydrogen) atoms. The van der Waals surface area contributed by atoms with E-state index in [1.165, 1.54) is 30.4 Å². The lowest BCUT2D eigenvalue weighted by Gasteiger charge is -2.32. The van der Waals surface area contributed by atoms with E-state index in [1.807, 2.05) is 18.5 Å². The first-order valence-corrected chi connectivity index (χ1v) is 10.5. The number of aliphatic imine (C=N–C) groups is 1. The average Bonchev–Trinajstić information content (AvgIpc) is 3.25. The average molecular weight is 511 g/mol. The van der Waals surface area contributed by atoms with Crippen LogP contribution < -0.4 is 10.6 Å². The number of furan rings is 1. The van der Waals surface area contributed by atoms with E-state index in [1.54, 1.807) is 6.26 Å². The molecule has 7 heteroatoms. The van der Waals surface area contributed by atoms with Gasteiger partial charge in [-0.05, 0) is 75.5 Å². The molecule has 0 saturated carbocycles. The number of rotatable bonds is 8. The van der Waals surface area contributed by atoms with Crippen LogP contribution in [0.25, 0.3) is 0 Å². The molecule has 0 radical (unpaired) electrons. The van der Waals surface area contributed by atoms with Crippen LogP contribution in [0.3, 0.4) is 0 Å². The maximum Gasteiger partial charge on any atom is 0.191 e. The number of halogens is 1. The maximum atomic E-state index is 5.74. The molecule has 3 rings (SSSR count). The number of likely N-dealkylation sites (tertiary alicyclic amines) is 1. The summed E-state index contributed by atoms with van der Waals surface area (Å²) in [5.41, 5.74) is 2.55. The Bertz CT molecular complexity index is 729. The van der Waals surface area contributed by atoms with E-state index in [4.69, 9.17) is 9.41 Å². The van der Waals surface area contributed by atoms with Gasteiger partial charge in [-0.15, -0.1) is 24.0 Å². The van der Waals surface area contributed by atoms with E-state index in [9.17, 15) is 0 Å². The van der Waals surface area contributed by atoms with Crippen LogP contribution in [0.5, 0.6) is 0 Å². The summed E-state index contributed by atoms with van der Waals surface area (Å²) < 4.78 is 5.74. The molecule has 0 aliphatic carbocycles. The molecule has 0 aromatic carbocycles. The van der Waals surface area contributed by atoms with Crippen molar-refractivity contribution in [1.29, 1.82) is 0 Å². The summed E-state index contributed by atoms with van der Waals surface area (Å²) in [6, 6.07) is 6.33.